The quantitative estimate of drug-likeness (QED) is 0.829. The minimum Gasteiger partial charge on any atom is -0.444 e. The molecule has 0 unspecified atom stereocenters. The van der Waals surface area contributed by atoms with Gasteiger partial charge in [0.05, 0.1) is 11.9 Å². The molecule has 5 heteroatoms. The molecule has 0 atom stereocenters. The standard InChI is InChI=1S/C20H21N3O2/c21-13-17-11-12-19(14-22-17)23(18-9-5-2-6-10-18)20(24)25-15-16-7-3-1-4-8-16/h1,3-4,7-8,11-12,14,18H,2,5-6,9-10,15H2. The van der Waals surface area contributed by atoms with Gasteiger partial charge in [0.2, 0.25) is 0 Å². The highest BCUT2D eigenvalue weighted by Crippen LogP contribution is 2.28. The van der Waals surface area contributed by atoms with Gasteiger partial charge in [0, 0.05) is 6.04 Å². The summed E-state index contributed by atoms with van der Waals surface area (Å²) in [4.78, 5) is 18.6. The fourth-order valence-corrected chi connectivity index (χ4v) is 3.19. The van der Waals surface area contributed by atoms with Crippen molar-refractivity contribution in [2.45, 2.75) is 44.8 Å². The van der Waals surface area contributed by atoms with Crippen LogP contribution in [0.15, 0.2) is 48.7 Å². The highest BCUT2D eigenvalue weighted by Gasteiger charge is 2.28. The van der Waals surface area contributed by atoms with Crippen molar-refractivity contribution >= 4 is 11.8 Å². The van der Waals surface area contributed by atoms with E-state index in [2.05, 4.69) is 4.98 Å². The van der Waals surface area contributed by atoms with Crippen molar-refractivity contribution in [1.29, 1.82) is 5.26 Å². The van der Waals surface area contributed by atoms with Gasteiger partial charge in [-0.25, -0.2) is 9.78 Å². The minimum atomic E-state index is -0.359. The molecule has 128 valence electrons. The number of carbonyl (C=O) groups is 1. The maximum absolute atomic E-state index is 12.8. The molecular formula is C20H21N3O2. The molecule has 1 aromatic heterocycles. The van der Waals surface area contributed by atoms with Crippen molar-refractivity contribution in [2.24, 2.45) is 0 Å². The fourth-order valence-electron chi connectivity index (χ4n) is 3.19. The average molecular weight is 335 g/mol. The van der Waals surface area contributed by atoms with E-state index in [1.807, 2.05) is 36.4 Å². The molecule has 0 bridgehead atoms. The predicted octanol–water partition coefficient (Wildman–Crippen LogP) is 4.43. The van der Waals surface area contributed by atoms with Gasteiger partial charge in [-0.1, -0.05) is 49.6 Å². The molecule has 1 heterocycles. The van der Waals surface area contributed by atoms with Crippen LogP contribution in [-0.2, 0) is 11.3 Å². The Morgan fingerprint density at radius 3 is 2.56 bits per heavy atom. The first-order valence-electron chi connectivity index (χ1n) is 8.64. The maximum Gasteiger partial charge on any atom is 0.414 e. The monoisotopic (exact) mass is 335 g/mol. The second-order valence-corrected chi connectivity index (χ2v) is 6.22. The van der Waals surface area contributed by atoms with E-state index in [-0.39, 0.29) is 18.7 Å². The summed E-state index contributed by atoms with van der Waals surface area (Å²) in [6.45, 7) is 0.243. The summed E-state index contributed by atoms with van der Waals surface area (Å²) in [5.74, 6) is 0. The molecule has 1 aliphatic rings. The summed E-state index contributed by atoms with van der Waals surface area (Å²) in [5, 5.41) is 8.92. The van der Waals surface area contributed by atoms with Crippen molar-refractivity contribution < 1.29 is 9.53 Å². The first-order chi connectivity index (χ1) is 12.3. The zero-order chi connectivity index (χ0) is 17.5. The Hall–Kier alpha value is -2.87. The van der Waals surface area contributed by atoms with Crippen LogP contribution in [0.1, 0.15) is 43.4 Å². The van der Waals surface area contributed by atoms with Gasteiger partial charge < -0.3 is 4.74 Å². The van der Waals surface area contributed by atoms with Crippen molar-refractivity contribution in [3.8, 4) is 6.07 Å². The van der Waals surface area contributed by atoms with Crippen LogP contribution in [0.2, 0.25) is 0 Å². The number of benzene rings is 1. The molecule has 0 saturated heterocycles. The summed E-state index contributed by atoms with van der Waals surface area (Å²) in [6.07, 6.45) is 6.56. The Morgan fingerprint density at radius 1 is 1.16 bits per heavy atom. The topological polar surface area (TPSA) is 66.2 Å². The van der Waals surface area contributed by atoms with Gasteiger partial charge in [-0.2, -0.15) is 5.26 Å². The number of pyridine rings is 1. The SMILES string of the molecule is N#Cc1ccc(N(C(=O)OCc2ccccc2)C2CCCCC2)cn1. The van der Waals surface area contributed by atoms with Crippen LogP contribution < -0.4 is 4.90 Å². The van der Waals surface area contributed by atoms with Crippen molar-refractivity contribution in [3.05, 3.63) is 59.9 Å². The molecule has 1 amide bonds. The second-order valence-electron chi connectivity index (χ2n) is 6.22. The van der Waals surface area contributed by atoms with Crippen molar-refractivity contribution in [1.82, 2.24) is 4.98 Å². The van der Waals surface area contributed by atoms with Crippen LogP contribution in [0.5, 0.6) is 0 Å². The summed E-state index contributed by atoms with van der Waals surface area (Å²) >= 11 is 0. The molecule has 3 rings (SSSR count). The summed E-state index contributed by atoms with van der Waals surface area (Å²) in [5.41, 5.74) is 1.98. The van der Waals surface area contributed by atoms with Crippen LogP contribution in [0.25, 0.3) is 0 Å². The van der Waals surface area contributed by atoms with Crippen LogP contribution in [-0.4, -0.2) is 17.1 Å². The number of aromatic nitrogens is 1. The molecule has 5 nitrogen and oxygen atoms in total. The highest BCUT2D eigenvalue weighted by molar-refractivity contribution is 5.88. The molecule has 1 fully saturated rings. The van der Waals surface area contributed by atoms with E-state index >= 15 is 0 Å². The largest absolute Gasteiger partial charge is 0.444 e. The van der Waals surface area contributed by atoms with Gasteiger partial charge in [0.25, 0.3) is 0 Å². The molecule has 1 saturated carbocycles. The van der Waals surface area contributed by atoms with Gasteiger partial charge in [0.1, 0.15) is 18.4 Å². The molecule has 25 heavy (non-hydrogen) atoms. The summed E-state index contributed by atoms with van der Waals surface area (Å²) < 4.78 is 5.55. The molecular weight excluding hydrogens is 314 g/mol. The number of ether oxygens (including phenoxy) is 1. The third-order valence-corrected chi connectivity index (χ3v) is 4.48. The lowest BCUT2D eigenvalue weighted by atomic mass is 9.94. The molecule has 1 aliphatic carbocycles. The van der Waals surface area contributed by atoms with E-state index in [4.69, 9.17) is 10.00 Å². The zero-order valence-corrected chi connectivity index (χ0v) is 14.1. The number of nitrogens with zero attached hydrogens (tertiary/aromatic N) is 3. The molecule has 0 radical (unpaired) electrons. The second kappa shape index (κ2) is 8.29. The Balaban J connectivity index is 1.77. The predicted molar refractivity (Wildman–Crippen MR) is 94.9 cm³/mol. The van der Waals surface area contributed by atoms with Crippen molar-refractivity contribution in [2.75, 3.05) is 4.90 Å². The number of amides is 1. The van der Waals surface area contributed by atoms with E-state index in [0.717, 1.165) is 31.2 Å². The van der Waals surface area contributed by atoms with E-state index in [1.54, 1.807) is 23.2 Å². The lowest BCUT2D eigenvalue weighted by molar-refractivity contribution is 0.142. The summed E-state index contributed by atoms with van der Waals surface area (Å²) in [6, 6.07) is 15.2. The number of anilines is 1. The van der Waals surface area contributed by atoms with E-state index in [1.165, 1.54) is 6.42 Å². The summed E-state index contributed by atoms with van der Waals surface area (Å²) in [7, 11) is 0. The molecule has 0 spiro atoms. The van der Waals surface area contributed by atoms with Gasteiger partial charge >= 0.3 is 6.09 Å². The molecule has 0 N–H and O–H groups in total. The Morgan fingerprint density at radius 2 is 1.92 bits per heavy atom. The van der Waals surface area contributed by atoms with E-state index in [0.29, 0.717) is 11.4 Å². The Bertz CT molecular complexity index is 732. The first kappa shape index (κ1) is 17.0. The van der Waals surface area contributed by atoms with Gasteiger partial charge in [-0.15, -0.1) is 0 Å². The lowest BCUT2D eigenvalue weighted by Gasteiger charge is -2.33. The number of hydrogen-bond donors (Lipinski definition) is 0. The van der Waals surface area contributed by atoms with Crippen LogP contribution >= 0.6 is 0 Å². The number of carbonyl (C=O) groups excluding carboxylic acids is 1. The Kier molecular flexibility index (Phi) is 5.63. The Labute approximate surface area is 147 Å². The third-order valence-electron chi connectivity index (χ3n) is 4.48. The molecule has 1 aromatic carbocycles. The van der Waals surface area contributed by atoms with Gasteiger partial charge in [-0.05, 0) is 30.5 Å². The lowest BCUT2D eigenvalue weighted by Crippen LogP contribution is -2.42. The number of hydrogen-bond acceptors (Lipinski definition) is 4. The normalized spacial score (nSPS) is 14.5. The van der Waals surface area contributed by atoms with Crippen LogP contribution in [0.3, 0.4) is 0 Å². The zero-order valence-electron chi connectivity index (χ0n) is 14.1. The van der Waals surface area contributed by atoms with Crippen LogP contribution in [0.4, 0.5) is 10.5 Å². The molecule has 2 aromatic rings. The number of nitriles is 1. The molecule has 0 aliphatic heterocycles. The first-order valence-corrected chi connectivity index (χ1v) is 8.64. The van der Waals surface area contributed by atoms with Gasteiger partial charge in [-0.3, -0.25) is 4.90 Å². The third kappa shape index (κ3) is 4.36. The van der Waals surface area contributed by atoms with Crippen molar-refractivity contribution in [3.63, 3.8) is 0 Å². The van der Waals surface area contributed by atoms with E-state index in [9.17, 15) is 4.79 Å². The fraction of sp³-hybridized carbons (Fsp3) is 0.350. The highest BCUT2D eigenvalue weighted by atomic mass is 16.6. The number of rotatable bonds is 4. The van der Waals surface area contributed by atoms with Gasteiger partial charge in [0.15, 0.2) is 0 Å². The maximum atomic E-state index is 12.8. The van der Waals surface area contributed by atoms with Crippen LogP contribution in [0, 0.1) is 11.3 Å². The average Bonchev–Trinajstić information content (AvgIpc) is 2.69. The smallest absolute Gasteiger partial charge is 0.414 e. The van der Waals surface area contributed by atoms with E-state index < -0.39 is 0 Å². The minimum absolute atomic E-state index is 0.117.